The van der Waals surface area contributed by atoms with Crippen molar-refractivity contribution in [1.82, 2.24) is 4.98 Å². The van der Waals surface area contributed by atoms with Crippen molar-refractivity contribution in [2.24, 2.45) is 0 Å². The molecule has 2 aromatic rings. The summed E-state index contributed by atoms with van der Waals surface area (Å²) < 4.78 is 11.2. The third-order valence-corrected chi connectivity index (χ3v) is 2.73. The number of carbonyl (C=O) groups is 2. The van der Waals surface area contributed by atoms with E-state index < -0.39 is 11.8 Å². The van der Waals surface area contributed by atoms with Crippen LogP contribution in [0.25, 0.3) is 10.9 Å². The Hall–Kier alpha value is -2.14. The first-order valence-electron chi connectivity index (χ1n) is 5.90. The third-order valence-electron chi connectivity index (χ3n) is 2.73. The molecule has 0 aliphatic carbocycles. The minimum Gasteiger partial charge on any atom is -0.463 e. The molecule has 0 amide bonds. The van der Waals surface area contributed by atoms with Crippen LogP contribution in [-0.2, 0) is 16.0 Å². The molecule has 0 saturated carbocycles. The Balaban J connectivity index is 2.53. The standard InChI is InChI=1S/C13H13NO4/c1-18-13(17)12(16)11-8-4-2-3-5-9(8)14-10(11)6-7-15/h2-5,14-15H,6-7H2,1H3/i15T. The van der Waals surface area contributed by atoms with Gasteiger partial charge < -0.3 is 14.8 Å². The van der Waals surface area contributed by atoms with Gasteiger partial charge in [-0.25, -0.2) is 4.79 Å². The number of esters is 1. The maximum Gasteiger partial charge on any atom is 0.379 e. The average molecular weight is 249 g/mol. The summed E-state index contributed by atoms with van der Waals surface area (Å²) in [6.45, 7) is 0.133. The normalized spacial score (nSPS) is 11.3. The van der Waals surface area contributed by atoms with E-state index >= 15 is 0 Å². The Morgan fingerprint density at radius 2 is 2.22 bits per heavy atom. The number of aliphatic hydroxyl groups excluding tert-OH is 1. The lowest BCUT2D eigenvalue weighted by Crippen LogP contribution is -2.17. The van der Waals surface area contributed by atoms with E-state index in [1.165, 1.54) is 7.11 Å². The molecule has 2 N–H and O–H groups in total. The minimum absolute atomic E-state index is 0.133. The molecule has 0 bridgehead atoms. The van der Waals surface area contributed by atoms with Crippen LogP contribution in [0.15, 0.2) is 24.3 Å². The highest BCUT2D eigenvalue weighted by molar-refractivity contribution is 6.43. The zero-order valence-electron chi connectivity index (χ0n) is 10.9. The molecule has 0 aliphatic heterocycles. The largest absolute Gasteiger partial charge is 0.463 e. The van der Waals surface area contributed by atoms with Crippen molar-refractivity contribution in [2.75, 3.05) is 13.7 Å². The Morgan fingerprint density at radius 3 is 2.94 bits per heavy atom. The SMILES string of the molecule is [3H]OCCc1[nH]c2ccccc2c1C(=O)C(=O)OC. The van der Waals surface area contributed by atoms with Crippen LogP contribution >= 0.6 is 0 Å². The number of ketones is 1. The summed E-state index contributed by atoms with van der Waals surface area (Å²) in [5.74, 6) is -1.60. The molecular weight excluding hydrogens is 234 g/mol. The van der Waals surface area contributed by atoms with Crippen LogP contribution in [0.3, 0.4) is 0 Å². The molecule has 0 atom stereocenters. The highest BCUT2D eigenvalue weighted by Gasteiger charge is 2.24. The molecule has 0 aliphatic rings. The zero-order chi connectivity index (χ0) is 13.8. The number of benzene rings is 1. The summed E-state index contributed by atoms with van der Waals surface area (Å²) in [7, 11) is 1.17. The number of H-pyrrole nitrogens is 1. The molecule has 5 nitrogen and oxygen atoms in total. The van der Waals surface area contributed by atoms with Gasteiger partial charge in [-0.05, 0) is 6.07 Å². The molecule has 1 aromatic heterocycles. The quantitative estimate of drug-likeness (QED) is 0.471. The van der Waals surface area contributed by atoms with E-state index in [1.54, 1.807) is 12.1 Å². The van der Waals surface area contributed by atoms with Crippen LogP contribution in [0.1, 0.15) is 16.1 Å². The second kappa shape index (κ2) is 5.01. The molecule has 1 heterocycles. The van der Waals surface area contributed by atoms with Crippen molar-refractivity contribution in [2.45, 2.75) is 6.42 Å². The van der Waals surface area contributed by atoms with E-state index in [0.29, 0.717) is 23.1 Å². The number of aliphatic hydroxyl groups is 1. The summed E-state index contributed by atoms with van der Waals surface area (Å²) in [5, 5.41) is 4.93. The number of hydrogen-bond donors (Lipinski definition) is 2. The van der Waals surface area contributed by atoms with Crippen molar-refractivity contribution in [3.63, 3.8) is 0 Å². The Labute approximate surface area is 105 Å². The highest BCUT2D eigenvalue weighted by Crippen LogP contribution is 2.23. The third kappa shape index (κ3) is 2.00. The Bertz CT molecular complexity index is 620. The highest BCUT2D eigenvalue weighted by atomic mass is 16.5. The second-order valence-corrected chi connectivity index (χ2v) is 3.80. The lowest BCUT2D eigenvalue weighted by molar-refractivity contribution is -0.135. The fourth-order valence-corrected chi connectivity index (χ4v) is 1.94. The molecule has 0 spiro atoms. The van der Waals surface area contributed by atoms with Gasteiger partial charge in [0.05, 0.1) is 12.7 Å². The molecule has 1 aromatic carbocycles. The minimum atomic E-state index is -0.905. The molecule has 18 heavy (non-hydrogen) atoms. The number of para-hydroxylation sites is 1. The van der Waals surface area contributed by atoms with E-state index in [9.17, 15) is 9.59 Å². The number of nitrogens with one attached hydrogen (secondary N) is 1. The van der Waals surface area contributed by atoms with Gasteiger partial charge in [0, 0.05) is 29.6 Å². The number of methoxy groups -OCH3 is 1. The Morgan fingerprint density at radius 1 is 1.44 bits per heavy atom. The topological polar surface area (TPSA) is 79.4 Å². The number of Topliss-reactive ketones (excluding diaryl/α,β-unsaturated/α-hetero) is 1. The first kappa shape index (κ1) is 11.0. The summed E-state index contributed by atoms with van der Waals surface area (Å²) >= 11 is 0. The number of rotatable bonds is 5. The molecule has 5 heteroatoms. The molecular formula is C13H13NO4. The molecule has 94 valence electrons. The van der Waals surface area contributed by atoms with E-state index in [-0.39, 0.29) is 6.61 Å². The van der Waals surface area contributed by atoms with E-state index in [0.717, 1.165) is 5.52 Å². The first-order valence-corrected chi connectivity index (χ1v) is 5.49. The molecule has 0 saturated heterocycles. The van der Waals surface area contributed by atoms with Gasteiger partial charge in [-0.15, -0.1) is 0 Å². The molecule has 0 fully saturated rings. The van der Waals surface area contributed by atoms with Crippen LogP contribution in [0.4, 0.5) is 0 Å². The number of hydrogen-bond acceptors (Lipinski definition) is 4. The van der Waals surface area contributed by atoms with Gasteiger partial charge in [-0.2, -0.15) is 0 Å². The van der Waals surface area contributed by atoms with Gasteiger partial charge in [0.1, 0.15) is 0 Å². The fourth-order valence-electron chi connectivity index (χ4n) is 1.94. The molecule has 0 unspecified atom stereocenters. The average Bonchev–Trinajstić information content (AvgIpc) is 2.81. The number of aromatic nitrogens is 1. The monoisotopic (exact) mass is 249 g/mol. The van der Waals surface area contributed by atoms with Crippen LogP contribution in [-0.4, -0.2) is 37.0 Å². The predicted octanol–water partition coefficient (Wildman–Crippen LogP) is 1.06. The Kier molecular flexibility index (Phi) is 3.06. The summed E-state index contributed by atoms with van der Waals surface area (Å²) in [6, 6.07) is 7.19. The fraction of sp³-hybridized carbons (Fsp3) is 0.231. The summed E-state index contributed by atoms with van der Waals surface area (Å²) in [5.41, 5.74) is 1.62. The number of ether oxygens (including phenoxy) is 1. The van der Waals surface area contributed by atoms with Gasteiger partial charge in [0.15, 0.2) is 0 Å². The van der Waals surface area contributed by atoms with E-state index in [1.807, 2.05) is 12.1 Å². The number of carbonyl (C=O) groups excluding carboxylic acids is 2. The zero-order valence-corrected chi connectivity index (χ0v) is 9.86. The maximum absolute atomic E-state index is 12.1. The van der Waals surface area contributed by atoms with E-state index in [4.69, 9.17) is 1.43 Å². The van der Waals surface area contributed by atoms with Crippen LogP contribution in [0, 0.1) is 0 Å². The van der Waals surface area contributed by atoms with Crippen molar-refractivity contribution in [3.8, 4) is 0 Å². The smallest absolute Gasteiger partial charge is 0.379 e. The van der Waals surface area contributed by atoms with Crippen molar-refractivity contribution < 1.29 is 19.4 Å². The lowest BCUT2D eigenvalue weighted by atomic mass is 10.1. The van der Waals surface area contributed by atoms with Crippen LogP contribution < -0.4 is 0 Å². The van der Waals surface area contributed by atoms with Crippen LogP contribution in [0.5, 0.6) is 0 Å². The molecule has 0 radical (unpaired) electrons. The lowest BCUT2D eigenvalue weighted by Gasteiger charge is -2.01. The number of aromatic amines is 1. The van der Waals surface area contributed by atoms with Gasteiger partial charge in [-0.3, -0.25) is 4.79 Å². The van der Waals surface area contributed by atoms with Crippen molar-refractivity contribution in [3.05, 3.63) is 35.5 Å². The summed E-state index contributed by atoms with van der Waals surface area (Å²) in [6.07, 6.45) is 0.343. The van der Waals surface area contributed by atoms with Gasteiger partial charge >= 0.3 is 5.97 Å². The van der Waals surface area contributed by atoms with Gasteiger partial charge in [0.25, 0.3) is 5.78 Å². The predicted molar refractivity (Wildman–Crippen MR) is 65.4 cm³/mol. The van der Waals surface area contributed by atoms with E-state index in [2.05, 4.69) is 14.8 Å². The molecule has 2 rings (SSSR count). The van der Waals surface area contributed by atoms with Crippen molar-refractivity contribution >= 4 is 22.7 Å². The number of fused-ring (bicyclic) bond motifs is 1. The van der Waals surface area contributed by atoms with Crippen molar-refractivity contribution in [1.29, 1.82) is 1.43 Å². The van der Waals surface area contributed by atoms with Gasteiger partial charge in [0.2, 0.25) is 1.43 Å². The summed E-state index contributed by atoms with van der Waals surface area (Å²) in [4.78, 5) is 26.5. The van der Waals surface area contributed by atoms with Gasteiger partial charge in [-0.1, -0.05) is 18.2 Å². The maximum atomic E-state index is 12.1. The second-order valence-electron chi connectivity index (χ2n) is 3.80. The van der Waals surface area contributed by atoms with Crippen LogP contribution in [0.2, 0.25) is 0 Å². The first-order chi connectivity index (χ1) is 9.19.